The molecule has 1 aliphatic heterocycles. The number of fused-ring (bicyclic) bond motifs is 1. The highest BCUT2D eigenvalue weighted by atomic mass is 16.2. The lowest BCUT2D eigenvalue weighted by Crippen LogP contribution is -2.66. The number of amides is 2. The number of carbonyl (C=O) groups excluding carboxylic acids is 2. The molecule has 1 fully saturated rings. The van der Waals surface area contributed by atoms with Gasteiger partial charge in [-0.25, -0.2) is 0 Å². The minimum atomic E-state index is -0.653. The summed E-state index contributed by atoms with van der Waals surface area (Å²) < 4.78 is 0. The smallest absolute Gasteiger partial charge is 0.314 e. The Morgan fingerprint density at radius 1 is 1.12 bits per heavy atom. The Balaban J connectivity index is 1.88. The molecule has 138 valence electrons. The molecule has 1 aliphatic rings. The first kappa shape index (κ1) is 18.3. The molecule has 0 bridgehead atoms. The largest absolute Gasteiger partial charge is 0.328 e. The first-order valence-electron chi connectivity index (χ1n) is 8.87. The van der Waals surface area contributed by atoms with Gasteiger partial charge in [-0.15, -0.1) is 0 Å². The molecule has 1 aromatic heterocycles. The number of anilines is 1. The third-order valence-electron chi connectivity index (χ3n) is 5.01. The van der Waals surface area contributed by atoms with Crippen molar-refractivity contribution in [1.82, 2.24) is 9.88 Å². The molecule has 2 amide bonds. The SMILES string of the molecule is CC1(C)CC(N)CC(C)(C)N1C(=O)C(=O)Nc1cccc2cccnc12. The molecule has 0 aliphatic carbocycles. The number of pyridine rings is 1. The second-order valence-corrected chi connectivity index (χ2v) is 8.27. The Hall–Kier alpha value is -2.47. The monoisotopic (exact) mass is 354 g/mol. The quantitative estimate of drug-likeness (QED) is 0.771. The van der Waals surface area contributed by atoms with Crippen LogP contribution in [0.4, 0.5) is 5.69 Å². The minimum absolute atomic E-state index is 0.00868. The molecule has 6 heteroatoms. The predicted octanol–water partition coefficient (Wildman–Crippen LogP) is 2.68. The fourth-order valence-corrected chi connectivity index (χ4v) is 4.39. The number of nitrogens with zero attached hydrogens (tertiary/aromatic N) is 2. The van der Waals surface area contributed by atoms with Crippen molar-refractivity contribution in [3.63, 3.8) is 0 Å². The van der Waals surface area contributed by atoms with Crippen LogP contribution in [0.1, 0.15) is 40.5 Å². The van der Waals surface area contributed by atoms with Crippen LogP contribution in [0.2, 0.25) is 0 Å². The molecule has 26 heavy (non-hydrogen) atoms. The van der Waals surface area contributed by atoms with Crippen molar-refractivity contribution in [1.29, 1.82) is 0 Å². The van der Waals surface area contributed by atoms with E-state index < -0.39 is 22.9 Å². The number of likely N-dealkylation sites (tertiary alicyclic amines) is 1. The minimum Gasteiger partial charge on any atom is -0.328 e. The van der Waals surface area contributed by atoms with Crippen LogP contribution in [0.3, 0.4) is 0 Å². The second kappa shape index (κ2) is 6.36. The van der Waals surface area contributed by atoms with Gasteiger partial charge >= 0.3 is 11.8 Å². The number of nitrogens with one attached hydrogen (secondary N) is 1. The molecular formula is C20H26N4O2. The third-order valence-corrected chi connectivity index (χ3v) is 5.01. The number of piperidine rings is 1. The summed E-state index contributed by atoms with van der Waals surface area (Å²) in [6.07, 6.45) is 2.98. The zero-order chi connectivity index (χ0) is 19.1. The van der Waals surface area contributed by atoms with Gasteiger partial charge < -0.3 is 16.0 Å². The lowest BCUT2D eigenvalue weighted by atomic mass is 9.77. The van der Waals surface area contributed by atoms with E-state index in [1.807, 2.05) is 52.0 Å². The molecule has 0 spiro atoms. The van der Waals surface area contributed by atoms with Crippen molar-refractivity contribution in [2.24, 2.45) is 5.73 Å². The van der Waals surface area contributed by atoms with E-state index in [0.29, 0.717) is 24.0 Å². The molecule has 2 aromatic rings. The van der Waals surface area contributed by atoms with Gasteiger partial charge in [0.05, 0.1) is 11.2 Å². The van der Waals surface area contributed by atoms with Crippen LogP contribution in [0, 0.1) is 0 Å². The molecule has 0 saturated carbocycles. The van der Waals surface area contributed by atoms with Gasteiger partial charge in [-0.05, 0) is 52.7 Å². The zero-order valence-electron chi connectivity index (χ0n) is 15.7. The number of carbonyl (C=O) groups is 2. The van der Waals surface area contributed by atoms with E-state index in [2.05, 4.69) is 10.3 Å². The number of benzene rings is 1. The molecular weight excluding hydrogens is 328 g/mol. The molecule has 1 saturated heterocycles. The van der Waals surface area contributed by atoms with Crippen molar-refractivity contribution in [2.45, 2.75) is 57.7 Å². The Morgan fingerprint density at radius 2 is 1.73 bits per heavy atom. The first-order chi connectivity index (χ1) is 12.1. The fraction of sp³-hybridized carbons (Fsp3) is 0.450. The van der Waals surface area contributed by atoms with Crippen LogP contribution in [0.15, 0.2) is 36.5 Å². The van der Waals surface area contributed by atoms with Crippen molar-refractivity contribution >= 4 is 28.4 Å². The number of aromatic nitrogens is 1. The molecule has 1 aromatic carbocycles. The van der Waals surface area contributed by atoms with E-state index in [0.717, 1.165) is 5.39 Å². The van der Waals surface area contributed by atoms with Gasteiger partial charge in [-0.3, -0.25) is 14.6 Å². The van der Waals surface area contributed by atoms with Gasteiger partial charge in [-0.2, -0.15) is 0 Å². The third kappa shape index (κ3) is 3.29. The van der Waals surface area contributed by atoms with Crippen LogP contribution in [-0.4, -0.2) is 38.8 Å². The zero-order valence-corrected chi connectivity index (χ0v) is 15.7. The average Bonchev–Trinajstić information content (AvgIpc) is 2.52. The normalized spacial score (nSPS) is 19.3. The lowest BCUT2D eigenvalue weighted by molar-refractivity contribution is -0.156. The summed E-state index contributed by atoms with van der Waals surface area (Å²) in [4.78, 5) is 31.8. The molecule has 3 rings (SSSR count). The highest BCUT2D eigenvalue weighted by Crippen LogP contribution is 2.38. The second-order valence-electron chi connectivity index (χ2n) is 8.27. The Labute approximate surface area is 153 Å². The van der Waals surface area contributed by atoms with E-state index >= 15 is 0 Å². The van der Waals surface area contributed by atoms with Crippen LogP contribution in [0.25, 0.3) is 10.9 Å². The summed E-state index contributed by atoms with van der Waals surface area (Å²) in [5, 5.41) is 3.65. The van der Waals surface area contributed by atoms with E-state index in [1.54, 1.807) is 17.2 Å². The molecule has 0 unspecified atom stereocenters. The van der Waals surface area contributed by atoms with Gasteiger partial charge in [0.1, 0.15) is 0 Å². The average molecular weight is 354 g/mol. The van der Waals surface area contributed by atoms with Crippen molar-refractivity contribution < 1.29 is 9.59 Å². The molecule has 0 atom stereocenters. The topological polar surface area (TPSA) is 88.3 Å². The van der Waals surface area contributed by atoms with Gasteiger partial charge in [0.2, 0.25) is 0 Å². The van der Waals surface area contributed by atoms with Gasteiger partial charge in [-0.1, -0.05) is 18.2 Å². The summed E-state index contributed by atoms with van der Waals surface area (Å²) in [5.74, 6) is -1.19. The molecule has 2 heterocycles. The number of hydrogen-bond donors (Lipinski definition) is 2. The first-order valence-corrected chi connectivity index (χ1v) is 8.87. The number of rotatable bonds is 1. The molecule has 3 N–H and O–H groups in total. The summed E-state index contributed by atoms with van der Waals surface area (Å²) in [6, 6.07) is 9.26. The van der Waals surface area contributed by atoms with Crippen LogP contribution in [-0.2, 0) is 9.59 Å². The highest BCUT2D eigenvalue weighted by Gasteiger charge is 2.48. The number of hydrogen-bond acceptors (Lipinski definition) is 4. The number of nitrogens with two attached hydrogens (primary N) is 1. The lowest BCUT2D eigenvalue weighted by Gasteiger charge is -2.54. The Kier molecular flexibility index (Phi) is 4.48. The van der Waals surface area contributed by atoms with Crippen molar-refractivity contribution in [3.05, 3.63) is 36.5 Å². The predicted molar refractivity (Wildman–Crippen MR) is 103 cm³/mol. The summed E-state index contributed by atoms with van der Waals surface area (Å²) in [5.41, 5.74) is 6.37. The fourth-order valence-electron chi connectivity index (χ4n) is 4.39. The standard InChI is InChI=1S/C20H26N4O2/c1-19(2)11-14(21)12-20(3,4)24(19)18(26)17(25)23-15-9-5-7-13-8-6-10-22-16(13)15/h5-10,14H,11-12,21H2,1-4H3,(H,23,25). The molecule has 6 nitrogen and oxygen atoms in total. The van der Waals surface area contributed by atoms with Crippen molar-refractivity contribution in [2.75, 3.05) is 5.32 Å². The van der Waals surface area contributed by atoms with E-state index in [4.69, 9.17) is 5.73 Å². The number of para-hydroxylation sites is 1. The van der Waals surface area contributed by atoms with E-state index in [-0.39, 0.29) is 6.04 Å². The maximum absolute atomic E-state index is 13.0. The summed E-state index contributed by atoms with van der Waals surface area (Å²) in [6.45, 7) is 7.83. The van der Waals surface area contributed by atoms with Crippen LogP contribution >= 0.6 is 0 Å². The van der Waals surface area contributed by atoms with Gasteiger partial charge in [0, 0.05) is 28.7 Å². The Morgan fingerprint density at radius 3 is 2.38 bits per heavy atom. The van der Waals surface area contributed by atoms with Gasteiger partial charge in [0.25, 0.3) is 0 Å². The van der Waals surface area contributed by atoms with Crippen molar-refractivity contribution in [3.8, 4) is 0 Å². The van der Waals surface area contributed by atoms with Crippen LogP contribution < -0.4 is 11.1 Å². The summed E-state index contributed by atoms with van der Waals surface area (Å²) in [7, 11) is 0. The summed E-state index contributed by atoms with van der Waals surface area (Å²) >= 11 is 0. The van der Waals surface area contributed by atoms with E-state index in [1.165, 1.54) is 0 Å². The van der Waals surface area contributed by atoms with Gasteiger partial charge in [0.15, 0.2) is 0 Å². The van der Waals surface area contributed by atoms with Crippen LogP contribution in [0.5, 0.6) is 0 Å². The maximum atomic E-state index is 13.0. The van der Waals surface area contributed by atoms with E-state index in [9.17, 15) is 9.59 Å². The highest BCUT2D eigenvalue weighted by molar-refractivity contribution is 6.40. The maximum Gasteiger partial charge on any atom is 0.314 e. The molecule has 0 radical (unpaired) electrons. The Bertz CT molecular complexity index is 837.